The predicted molar refractivity (Wildman–Crippen MR) is 98.7 cm³/mol. The van der Waals surface area contributed by atoms with Crippen molar-refractivity contribution in [2.45, 2.75) is 50.6 Å². The van der Waals surface area contributed by atoms with Gasteiger partial charge in [0.2, 0.25) is 0 Å². The van der Waals surface area contributed by atoms with Crippen molar-refractivity contribution >= 4 is 11.0 Å². The number of rotatable bonds is 2. The van der Waals surface area contributed by atoms with Gasteiger partial charge < -0.3 is 14.9 Å². The standard InChI is InChI=1S/C21H21F3N2O2/c1-12-10-20(27,15-4-6-16(7-5-15)21(22,23)24)11-18(25-12)14-3-8-17-13(2)26-28-19(17)9-14/h3-9,12,18,25,27H,10-11H2,1-2H3/t12-,18-,20?/m0/s1. The number of aromatic nitrogens is 1. The van der Waals surface area contributed by atoms with Crippen LogP contribution in [-0.4, -0.2) is 16.3 Å². The second-order valence-corrected chi connectivity index (χ2v) is 7.66. The molecule has 28 heavy (non-hydrogen) atoms. The topological polar surface area (TPSA) is 58.3 Å². The molecular formula is C21H21F3N2O2. The summed E-state index contributed by atoms with van der Waals surface area (Å²) in [7, 11) is 0. The molecule has 3 aromatic rings. The minimum atomic E-state index is -4.39. The van der Waals surface area contributed by atoms with Crippen molar-refractivity contribution in [2.24, 2.45) is 0 Å². The Bertz CT molecular complexity index is 997. The van der Waals surface area contributed by atoms with Crippen molar-refractivity contribution < 1.29 is 22.8 Å². The third kappa shape index (κ3) is 3.40. The van der Waals surface area contributed by atoms with Gasteiger partial charge in [0.25, 0.3) is 0 Å². The Balaban J connectivity index is 1.64. The lowest BCUT2D eigenvalue weighted by atomic mass is 9.77. The molecule has 1 saturated heterocycles. The number of fused-ring (bicyclic) bond motifs is 1. The van der Waals surface area contributed by atoms with Gasteiger partial charge in [0, 0.05) is 17.5 Å². The molecule has 0 radical (unpaired) electrons. The molecular weight excluding hydrogens is 369 g/mol. The number of benzene rings is 2. The Hall–Kier alpha value is -2.38. The number of piperidine rings is 1. The molecule has 4 nitrogen and oxygen atoms in total. The van der Waals surface area contributed by atoms with Crippen LogP contribution in [0.3, 0.4) is 0 Å². The van der Waals surface area contributed by atoms with Crippen molar-refractivity contribution in [3.8, 4) is 0 Å². The number of aryl methyl sites for hydroxylation is 1. The van der Waals surface area contributed by atoms with Gasteiger partial charge in [0.1, 0.15) is 0 Å². The summed E-state index contributed by atoms with van der Waals surface area (Å²) in [5, 5.41) is 19.7. The predicted octanol–water partition coefficient (Wildman–Crippen LogP) is 4.86. The minimum Gasteiger partial charge on any atom is -0.385 e. The number of hydrogen-bond donors (Lipinski definition) is 2. The first kappa shape index (κ1) is 19.0. The average molecular weight is 390 g/mol. The van der Waals surface area contributed by atoms with E-state index in [1.165, 1.54) is 12.1 Å². The van der Waals surface area contributed by atoms with E-state index < -0.39 is 17.3 Å². The minimum absolute atomic E-state index is 0.0156. The first-order chi connectivity index (χ1) is 13.2. The number of nitrogens with zero attached hydrogens (tertiary/aromatic N) is 1. The zero-order chi connectivity index (χ0) is 20.1. The molecule has 3 atom stereocenters. The van der Waals surface area contributed by atoms with Crippen LogP contribution in [0.5, 0.6) is 0 Å². The molecule has 1 aliphatic heterocycles. The fourth-order valence-corrected chi connectivity index (χ4v) is 4.10. The number of aliphatic hydroxyl groups is 1. The van der Waals surface area contributed by atoms with E-state index in [0.717, 1.165) is 28.8 Å². The lowest BCUT2D eigenvalue weighted by Gasteiger charge is -2.41. The van der Waals surface area contributed by atoms with Gasteiger partial charge in [0.15, 0.2) is 5.58 Å². The van der Waals surface area contributed by atoms with Gasteiger partial charge in [-0.25, -0.2) is 0 Å². The molecule has 2 N–H and O–H groups in total. The molecule has 7 heteroatoms. The molecule has 0 aliphatic carbocycles. The lowest BCUT2D eigenvalue weighted by molar-refractivity contribution is -0.137. The van der Waals surface area contributed by atoms with Gasteiger partial charge in [-0.2, -0.15) is 13.2 Å². The van der Waals surface area contributed by atoms with E-state index in [9.17, 15) is 18.3 Å². The zero-order valence-corrected chi connectivity index (χ0v) is 15.5. The maximum absolute atomic E-state index is 12.8. The molecule has 2 aromatic carbocycles. The van der Waals surface area contributed by atoms with Crippen LogP contribution >= 0.6 is 0 Å². The molecule has 1 aromatic heterocycles. The van der Waals surface area contributed by atoms with Crippen LogP contribution in [0.15, 0.2) is 47.0 Å². The molecule has 0 bridgehead atoms. The number of halogens is 3. The van der Waals surface area contributed by atoms with E-state index in [-0.39, 0.29) is 12.1 Å². The Labute approximate surface area is 160 Å². The van der Waals surface area contributed by atoms with Crippen LogP contribution in [0.25, 0.3) is 11.0 Å². The van der Waals surface area contributed by atoms with E-state index >= 15 is 0 Å². The summed E-state index contributed by atoms with van der Waals surface area (Å²) in [6.45, 7) is 3.83. The maximum atomic E-state index is 12.8. The van der Waals surface area contributed by atoms with E-state index in [0.29, 0.717) is 24.0 Å². The molecule has 1 fully saturated rings. The maximum Gasteiger partial charge on any atom is 0.416 e. The summed E-state index contributed by atoms with van der Waals surface area (Å²) < 4.78 is 43.9. The highest BCUT2D eigenvalue weighted by molar-refractivity contribution is 5.79. The summed E-state index contributed by atoms with van der Waals surface area (Å²) in [5.74, 6) is 0. The lowest BCUT2D eigenvalue weighted by Crippen LogP contribution is -2.46. The average Bonchev–Trinajstić information content (AvgIpc) is 3.01. The summed E-state index contributed by atoms with van der Waals surface area (Å²) in [6, 6.07) is 10.4. The molecule has 1 unspecified atom stereocenters. The smallest absolute Gasteiger partial charge is 0.385 e. The molecule has 2 heterocycles. The van der Waals surface area contributed by atoms with Crippen molar-refractivity contribution in [1.29, 1.82) is 0 Å². The van der Waals surface area contributed by atoms with E-state index in [2.05, 4.69) is 10.5 Å². The Kier molecular flexibility index (Phi) is 4.47. The third-order valence-corrected chi connectivity index (χ3v) is 5.50. The van der Waals surface area contributed by atoms with Gasteiger partial charge in [-0.1, -0.05) is 23.4 Å². The number of alkyl halides is 3. The molecule has 0 spiro atoms. The fourth-order valence-electron chi connectivity index (χ4n) is 4.10. The van der Waals surface area contributed by atoms with Crippen LogP contribution in [0.4, 0.5) is 13.2 Å². The monoisotopic (exact) mass is 390 g/mol. The Morgan fingerprint density at radius 1 is 1.14 bits per heavy atom. The van der Waals surface area contributed by atoms with Gasteiger partial charge in [-0.3, -0.25) is 0 Å². The highest BCUT2D eigenvalue weighted by atomic mass is 19.4. The van der Waals surface area contributed by atoms with E-state index in [1.807, 2.05) is 32.0 Å². The van der Waals surface area contributed by atoms with E-state index in [4.69, 9.17) is 4.52 Å². The quantitative estimate of drug-likeness (QED) is 0.656. The van der Waals surface area contributed by atoms with Crippen LogP contribution in [-0.2, 0) is 11.8 Å². The van der Waals surface area contributed by atoms with Crippen molar-refractivity contribution in [1.82, 2.24) is 10.5 Å². The molecule has 1 aliphatic rings. The Morgan fingerprint density at radius 3 is 2.54 bits per heavy atom. The van der Waals surface area contributed by atoms with Crippen LogP contribution < -0.4 is 5.32 Å². The third-order valence-electron chi connectivity index (χ3n) is 5.50. The summed E-state index contributed by atoms with van der Waals surface area (Å²) in [5.41, 5.74) is 0.993. The molecule has 0 amide bonds. The summed E-state index contributed by atoms with van der Waals surface area (Å²) in [4.78, 5) is 0. The Morgan fingerprint density at radius 2 is 1.86 bits per heavy atom. The van der Waals surface area contributed by atoms with Crippen molar-refractivity contribution in [3.05, 3.63) is 64.8 Å². The highest BCUT2D eigenvalue weighted by Crippen LogP contribution is 2.41. The SMILES string of the molecule is Cc1noc2cc([C@@H]3CC(O)(c4ccc(C(F)(F)F)cc4)C[C@H](C)N3)ccc12. The van der Waals surface area contributed by atoms with Crippen LogP contribution in [0.2, 0.25) is 0 Å². The van der Waals surface area contributed by atoms with Gasteiger partial charge in [-0.15, -0.1) is 0 Å². The molecule has 4 rings (SSSR count). The normalized spacial score (nSPS) is 25.9. The zero-order valence-electron chi connectivity index (χ0n) is 15.5. The second kappa shape index (κ2) is 6.60. The first-order valence-electron chi connectivity index (χ1n) is 9.18. The first-order valence-corrected chi connectivity index (χ1v) is 9.18. The van der Waals surface area contributed by atoms with Gasteiger partial charge in [0.05, 0.1) is 16.9 Å². The largest absolute Gasteiger partial charge is 0.416 e. The molecule has 148 valence electrons. The number of hydrogen-bond acceptors (Lipinski definition) is 4. The highest BCUT2D eigenvalue weighted by Gasteiger charge is 2.40. The fraction of sp³-hybridized carbons (Fsp3) is 0.381. The molecule has 0 saturated carbocycles. The summed E-state index contributed by atoms with van der Waals surface area (Å²) in [6.07, 6.45) is -3.63. The van der Waals surface area contributed by atoms with Gasteiger partial charge >= 0.3 is 6.18 Å². The van der Waals surface area contributed by atoms with Crippen molar-refractivity contribution in [3.63, 3.8) is 0 Å². The van der Waals surface area contributed by atoms with Crippen LogP contribution in [0, 0.1) is 6.92 Å². The summed E-state index contributed by atoms with van der Waals surface area (Å²) >= 11 is 0. The van der Waals surface area contributed by atoms with Crippen molar-refractivity contribution in [2.75, 3.05) is 0 Å². The van der Waals surface area contributed by atoms with Crippen LogP contribution in [0.1, 0.15) is 48.2 Å². The number of nitrogens with one attached hydrogen (secondary N) is 1. The second-order valence-electron chi connectivity index (χ2n) is 7.66. The van der Waals surface area contributed by atoms with E-state index in [1.54, 1.807) is 0 Å². The van der Waals surface area contributed by atoms with Gasteiger partial charge in [-0.05, 0) is 62.1 Å².